The molecule has 0 aliphatic heterocycles. The maximum absolute atomic E-state index is 12.6. The Bertz CT molecular complexity index is 1000. The molecule has 0 fully saturated rings. The van der Waals surface area contributed by atoms with E-state index in [9.17, 15) is 13.2 Å². The van der Waals surface area contributed by atoms with Crippen molar-refractivity contribution < 1.29 is 13.2 Å². The van der Waals surface area contributed by atoms with Gasteiger partial charge >= 0.3 is 0 Å². The Morgan fingerprint density at radius 3 is 2.17 bits per heavy atom. The van der Waals surface area contributed by atoms with Gasteiger partial charge in [-0.05, 0) is 29.7 Å². The number of rotatable bonds is 4. The number of hydrogen-bond acceptors (Lipinski definition) is 3. The second-order valence-corrected chi connectivity index (χ2v) is 7.52. The molecule has 24 heavy (non-hydrogen) atoms. The Kier molecular flexibility index (Phi) is 4.66. The highest BCUT2D eigenvalue weighted by molar-refractivity contribution is 9.10. The average Bonchev–Trinajstić information content (AvgIpc) is 2.61. The molecule has 7 heteroatoms. The summed E-state index contributed by atoms with van der Waals surface area (Å²) in [7, 11) is -3.91. The smallest absolute Gasteiger partial charge is 0.266 e. The van der Waals surface area contributed by atoms with Crippen LogP contribution in [0, 0.1) is 0 Å². The molecule has 3 rings (SSSR count). The number of carbonyl (C=O) groups excluding carboxylic acids is 1. The molecular weight excluding hydrogens is 392 g/mol. The standard InChI is InChI=1S/C17H13BrN2O3S/c18-15-10-11-16(14-9-5-4-8-13(14)15)24(22,23)20-19-17(21)12-6-2-1-3-7-12/h1-11,20H,(H,19,21). The minimum Gasteiger partial charge on any atom is -0.273 e. The Morgan fingerprint density at radius 2 is 1.46 bits per heavy atom. The fourth-order valence-electron chi connectivity index (χ4n) is 2.30. The summed E-state index contributed by atoms with van der Waals surface area (Å²) in [6.07, 6.45) is 0. The van der Waals surface area contributed by atoms with Gasteiger partial charge in [-0.2, -0.15) is 0 Å². The first-order valence-corrected chi connectivity index (χ1v) is 9.31. The number of carbonyl (C=O) groups is 1. The van der Waals surface area contributed by atoms with E-state index in [2.05, 4.69) is 26.2 Å². The topological polar surface area (TPSA) is 75.3 Å². The lowest BCUT2D eigenvalue weighted by molar-refractivity contribution is 0.0945. The minimum absolute atomic E-state index is 0.0923. The van der Waals surface area contributed by atoms with E-state index >= 15 is 0 Å². The molecule has 0 heterocycles. The average molecular weight is 405 g/mol. The zero-order chi connectivity index (χ0) is 17.2. The van der Waals surface area contributed by atoms with E-state index in [4.69, 9.17) is 0 Å². The van der Waals surface area contributed by atoms with Gasteiger partial charge in [-0.1, -0.05) is 58.4 Å². The van der Waals surface area contributed by atoms with Gasteiger partial charge in [0.05, 0.1) is 4.90 Å². The van der Waals surface area contributed by atoms with Gasteiger partial charge in [-0.15, -0.1) is 4.83 Å². The van der Waals surface area contributed by atoms with Crippen molar-refractivity contribution in [3.63, 3.8) is 0 Å². The molecule has 0 aliphatic rings. The summed E-state index contributed by atoms with van der Waals surface area (Å²) in [6.45, 7) is 0. The fourth-order valence-corrected chi connectivity index (χ4v) is 3.83. The molecule has 0 aromatic heterocycles. The molecule has 5 nitrogen and oxygen atoms in total. The monoisotopic (exact) mass is 404 g/mol. The first-order valence-electron chi connectivity index (χ1n) is 7.03. The number of nitrogens with one attached hydrogen (secondary N) is 2. The molecule has 0 bridgehead atoms. The third kappa shape index (κ3) is 3.33. The van der Waals surface area contributed by atoms with E-state index in [0.29, 0.717) is 10.9 Å². The van der Waals surface area contributed by atoms with Crippen LogP contribution in [0.1, 0.15) is 10.4 Å². The van der Waals surface area contributed by atoms with E-state index < -0.39 is 15.9 Å². The number of sulfonamides is 1. The van der Waals surface area contributed by atoms with Crippen molar-refractivity contribution in [3.05, 3.63) is 76.8 Å². The van der Waals surface area contributed by atoms with E-state index in [0.717, 1.165) is 9.86 Å². The van der Waals surface area contributed by atoms with Crippen molar-refractivity contribution in [2.75, 3.05) is 0 Å². The first-order chi connectivity index (χ1) is 11.5. The highest BCUT2D eigenvalue weighted by Gasteiger charge is 2.19. The molecule has 122 valence electrons. The van der Waals surface area contributed by atoms with Crippen molar-refractivity contribution in [2.45, 2.75) is 4.90 Å². The van der Waals surface area contributed by atoms with Gasteiger partial charge in [-0.25, -0.2) is 8.42 Å². The Balaban J connectivity index is 1.89. The molecule has 0 saturated heterocycles. The van der Waals surface area contributed by atoms with Crippen molar-refractivity contribution in [1.82, 2.24) is 10.3 Å². The third-order valence-corrected chi connectivity index (χ3v) is 5.45. The lowest BCUT2D eigenvalue weighted by Crippen LogP contribution is -2.41. The van der Waals surface area contributed by atoms with Crippen molar-refractivity contribution in [2.24, 2.45) is 0 Å². The Morgan fingerprint density at radius 1 is 0.833 bits per heavy atom. The number of halogens is 1. The van der Waals surface area contributed by atoms with E-state index in [1.165, 1.54) is 6.07 Å². The van der Waals surface area contributed by atoms with Crippen molar-refractivity contribution in [3.8, 4) is 0 Å². The molecule has 0 spiro atoms. The molecule has 3 aromatic rings. The van der Waals surface area contributed by atoms with Crippen molar-refractivity contribution >= 4 is 42.6 Å². The maximum atomic E-state index is 12.6. The van der Waals surface area contributed by atoms with Crippen LogP contribution in [0.15, 0.2) is 76.1 Å². The van der Waals surface area contributed by atoms with Crippen LogP contribution in [0.25, 0.3) is 10.8 Å². The van der Waals surface area contributed by atoms with Crippen LogP contribution in [0.4, 0.5) is 0 Å². The molecule has 0 radical (unpaired) electrons. The second-order valence-electron chi connectivity index (χ2n) is 5.02. The lowest BCUT2D eigenvalue weighted by atomic mass is 10.1. The van der Waals surface area contributed by atoms with E-state index in [-0.39, 0.29) is 4.90 Å². The SMILES string of the molecule is O=C(NNS(=O)(=O)c1ccc(Br)c2ccccc12)c1ccccc1. The summed E-state index contributed by atoms with van der Waals surface area (Å²) >= 11 is 3.41. The summed E-state index contributed by atoms with van der Waals surface area (Å²) in [6, 6.07) is 18.6. The van der Waals surface area contributed by atoms with Crippen LogP contribution in [0.3, 0.4) is 0 Å². The van der Waals surface area contributed by atoms with Gasteiger partial charge in [0.15, 0.2) is 0 Å². The fraction of sp³-hybridized carbons (Fsp3) is 0. The minimum atomic E-state index is -3.91. The normalized spacial score (nSPS) is 11.4. The largest absolute Gasteiger partial charge is 0.273 e. The molecule has 0 atom stereocenters. The van der Waals surface area contributed by atoms with Gasteiger partial charge in [0.1, 0.15) is 0 Å². The van der Waals surface area contributed by atoms with Crippen LogP contribution >= 0.6 is 15.9 Å². The summed E-state index contributed by atoms with van der Waals surface area (Å²) < 4.78 is 25.9. The molecular formula is C17H13BrN2O3S. The van der Waals surface area contributed by atoms with Gasteiger partial charge < -0.3 is 0 Å². The highest BCUT2D eigenvalue weighted by atomic mass is 79.9. The molecule has 0 saturated carbocycles. The van der Waals surface area contributed by atoms with Gasteiger partial charge in [0.25, 0.3) is 15.9 Å². The predicted molar refractivity (Wildman–Crippen MR) is 95.9 cm³/mol. The molecule has 2 N–H and O–H groups in total. The maximum Gasteiger partial charge on any atom is 0.266 e. The quantitative estimate of drug-likeness (QED) is 0.655. The van der Waals surface area contributed by atoms with Crippen LogP contribution in [-0.4, -0.2) is 14.3 Å². The summed E-state index contributed by atoms with van der Waals surface area (Å²) in [5, 5.41) is 1.34. The van der Waals surface area contributed by atoms with Crippen LogP contribution in [0.2, 0.25) is 0 Å². The van der Waals surface area contributed by atoms with Crippen LogP contribution < -0.4 is 10.3 Å². The number of amides is 1. The highest BCUT2D eigenvalue weighted by Crippen LogP contribution is 2.29. The van der Waals surface area contributed by atoms with Crippen molar-refractivity contribution in [1.29, 1.82) is 0 Å². The molecule has 0 aliphatic carbocycles. The molecule has 1 amide bonds. The second kappa shape index (κ2) is 6.72. The number of fused-ring (bicyclic) bond motifs is 1. The van der Waals surface area contributed by atoms with E-state index in [1.807, 2.05) is 12.1 Å². The van der Waals surface area contributed by atoms with Crippen LogP contribution in [0.5, 0.6) is 0 Å². The van der Waals surface area contributed by atoms with Gasteiger partial charge in [-0.3, -0.25) is 10.2 Å². The molecule has 3 aromatic carbocycles. The number of hydrazine groups is 1. The zero-order valence-corrected chi connectivity index (χ0v) is 14.8. The van der Waals surface area contributed by atoms with Gasteiger partial charge in [0, 0.05) is 15.4 Å². The lowest BCUT2D eigenvalue weighted by Gasteiger charge is -2.11. The first kappa shape index (κ1) is 16.6. The third-order valence-electron chi connectivity index (χ3n) is 3.46. The number of hydrogen-bond donors (Lipinski definition) is 2. The number of benzene rings is 3. The van der Waals surface area contributed by atoms with Crippen LogP contribution in [-0.2, 0) is 10.0 Å². The Hall–Kier alpha value is -2.22. The summed E-state index contributed by atoms with van der Waals surface area (Å²) in [5.41, 5.74) is 2.59. The van der Waals surface area contributed by atoms with Gasteiger partial charge in [0.2, 0.25) is 0 Å². The Labute approximate surface area is 147 Å². The molecule has 0 unspecified atom stereocenters. The summed E-state index contributed by atoms with van der Waals surface area (Å²) in [5.74, 6) is -0.527. The van der Waals surface area contributed by atoms with E-state index in [1.54, 1.807) is 48.5 Å². The predicted octanol–water partition coefficient (Wildman–Crippen LogP) is 3.23. The zero-order valence-electron chi connectivity index (χ0n) is 12.4. The summed E-state index contributed by atoms with van der Waals surface area (Å²) in [4.78, 5) is 14.2.